The van der Waals surface area contributed by atoms with E-state index in [0.29, 0.717) is 0 Å². The summed E-state index contributed by atoms with van der Waals surface area (Å²) in [4.78, 5) is 0. The smallest absolute Gasteiger partial charge is 0.391 e. The Morgan fingerprint density at radius 3 is 2.57 bits per heavy atom. The van der Waals surface area contributed by atoms with Crippen LogP contribution in [0.5, 0.6) is 0 Å². The van der Waals surface area contributed by atoms with Gasteiger partial charge in [-0.3, -0.25) is 4.55 Å². The summed E-state index contributed by atoms with van der Waals surface area (Å²) >= 11 is 0. The van der Waals surface area contributed by atoms with E-state index in [-0.39, 0.29) is 13.0 Å². The second-order valence-corrected chi connectivity index (χ2v) is 4.13. The first-order chi connectivity index (χ1) is 6.38. The highest BCUT2D eigenvalue weighted by Crippen LogP contribution is 2.15. The molecule has 3 N–H and O–H groups in total. The van der Waals surface area contributed by atoms with Gasteiger partial charge in [0.25, 0.3) is 0 Å². The molecule has 0 aromatic heterocycles. The molecule has 1 heterocycles. The Labute approximate surface area is 81.2 Å². The summed E-state index contributed by atoms with van der Waals surface area (Å²) < 4.78 is 37.6. The predicted molar refractivity (Wildman–Crippen MR) is 43.9 cm³/mol. The van der Waals surface area contributed by atoms with E-state index in [0.717, 1.165) is 0 Å². The fourth-order valence-electron chi connectivity index (χ4n) is 1.16. The summed E-state index contributed by atoms with van der Waals surface area (Å²) in [5.74, 6) is 0. The second kappa shape index (κ2) is 4.51. The lowest BCUT2D eigenvalue weighted by Crippen LogP contribution is -2.43. The van der Waals surface area contributed by atoms with Gasteiger partial charge in [0.05, 0.1) is 25.4 Å². The average molecular weight is 228 g/mol. The van der Waals surface area contributed by atoms with Crippen LogP contribution in [0.25, 0.3) is 0 Å². The lowest BCUT2D eigenvalue weighted by Gasteiger charge is -2.30. The van der Waals surface area contributed by atoms with E-state index >= 15 is 0 Å². The van der Waals surface area contributed by atoms with Crippen molar-refractivity contribution in [1.82, 2.24) is 0 Å². The standard InChI is InChI=1S/C6H12O7S/c7-4-1-5(8)6(12-2-4)3-13-14(9,10)11/h4-8H,1-3H2,(H,9,10,11). The summed E-state index contributed by atoms with van der Waals surface area (Å²) in [6.07, 6.45) is -2.51. The van der Waals surface area contributed by atoms with Crippen molar-refractivity contribution in [2.24, 2.45) is 0 Å². The molecule has 3 atom stereocenters. The molecule has 3 unspecified atom stereocenters. The Balaban J connectivity index is 2.38. The van der Waals surface area contributed by atoms with E-state index in [1.165, 1.54) is 0 Å². The van der Waals surface area contributed by atoms with Crippen molar-refractivity contribution in [3.8, 4) is 0 Å². The van der Waals surface area contributed by atoms with Gasteiger partial charge in [0, 0.05) is 6.42 Å². The molecule has 0 bridgehead atoms. The van der Waals surface area contributed by atoms with Crippen molar-refractivity contribution in [3.63, 3.8) is 0 Å². The van der Waals surface area contributed by atoms with Crippen LogP contribution in [0.2, 0.25) is 0 Å². The van der Waals surface area contributed by atoms with Crippen molar-refractivity contribution < 1.29 is 32.1 Å². The molecule has 7 nitrogen and oxygen atoms in total. The Hall–Kier alpha value is -0.250. The molecule has 1 rings (SSSR count). The zero-order valence-corrected chi connectivity index (χ0v) is 8.05. The van der Waals surface area contributed by atoms with E-state index in [1.807, 2.05) is 0 Å². The SMILES string of the molecule is O=S(=O)(O)OCC1OCC(O)CC1O. The Bertz CT molecular complexity index is 274. The average Bonchev–Trinajstić information content (AvgIpc) is 2.00. The van der Waals surface area contributed by atoms with Gasteiger partial charge in [-0.25, -0.2) is 4.18 Å². The van der Waals surface area contributed by atoms with Crippen molar-refractivity contribution in [2.75, 3.05) is 13.2 Å². The second-order valence-electron chi connectivity index (χ2n) is 3.04. The van der Waals surface area contributed by atoms with E-state index < -0.39 is 35.3 Å². The van der Waals surface area contributed by atoms with Gasteiger partial charge >= 0.3 is 10.4 Å². The number of aliphatic hydroxyl groups excluding tert-OH is 2. The van der Waals surface area contributed by atoms with Crippen LogP contribution in [-0.4, -0.2) is 54.7 Å². The first-order valence-electron chi connectivity index (χ1n) is 3.98. The summed E-state index contributed by atoms with van der Waals surface area (Å²) in [5, 5.41) is 18.3. The van der Waals surface area contributed by atoms with Crippen molar-refractivity contribution in [1.29, 1.82) is 0 Å². The molecule has 0 aromatic carbocycles. The first kappa shape index (κ1) is 11.8. The molecule has 8 heteroatoms. The van der Waals surface area contributed by atoms with Crippen LogP contribution in [0.15, 0.2) is 0 Å². The maximum atomic E-state index is 10.2. The number of aliphatic hydroxyl groups is 2. The maximum Gasteiger partial charge on any atom is 0.397 e. The van der Waals surface area contributed by atoms with Crippen molar-refractivity contribution in [2.45, 2.75) is 24.7 Å². The largest absolute Gasteiger partial charge is 0.397 e. The molecule has 0 spiro atoms. The molecular weight excluding hydrogens is 216 g/mol. The van der Waals surface area contributed by atoms with Gasteiger partial charge in [-0.1, -0.05) is 0 Å². The normalized spacial score (nSPS) is 34.4. The number of rotatable bonds is 3. The molecule has 1 saturated heterocycles. The van der Waals surface area contributed by atoms with E-state index in [2.05, 4.69) is 4.18 Å². The number of hydrogen-bond donors (Lipinski definition) is 3. The van der Waals surface area contributed by atoms with Crippen molar-refractivity contribution >= 4 is 10.4 Å². The van der Waals surface area contributed by atoms with E-state index in [4.69, 9.17) is 14.4 Å². The topological polar surface area (TPSA) is 113 Å². The van der Waals surface area contributed by atoms with Crippen LogP contribution in [0.3, 0.4) is 0 Å². The highest BCUT2D eigenvalue weighted by molar-refractivity contribution is 7.80. The summed E-state index contributed by atoms with van der Waals surface area (Å²) in [7, 11) is -4.51. The minimum Gasteiger partial charge on any atom is -0.391 e. The molecule has 0 amide bonds. The molecule has 0 aromatic rings. The summed E-state index contributed by atoms with van der Waals surface area (Å²) in [5.41, 5.74) is 0. The van der Waals surface area contributed by atoms with Gasteiger partial charge in [0.2, 0.25) is 0 Å². The van der Waals surface area contributed by atoms with E-state index in [1.54, 1.807) is 0 Å². The Morgan fingerprint density at radius 2 is 2.07 bits per heavy atom. The van der Waals surface area contributed by atoms with Crippen LogP contribution in [0, 0.1) is 0 Å². The highest BCUT2D eigenvalue weighted by Gasteiger charge is 2.30. The quantitative estimate of drug-likeness (QED) is 0.494. The maximum absolute atomic E-state index is 10.2. The molecule has 0 aliphatic carbocycles. The molecule has 84 valence electrons. The number of hydrogen-bond acceptors (Lipinski definition) is 6. The van der Waals surface area contributed by atoms with Gasteiger partial charge in [-0.2, -0.15) is 8.42 Å². The van der Waals surface area contributed by atoms with Crippen LogP contribution in [0.1, 0.15) is 6.42 Å². The number of ether oxygens (including phenoxy) is 1. The zero-order valence-electron chi connectivity index (χ0n) is 7.24. The zero-order chi connectivity index (χ0) is 10.8. The van der Waals surface area contributed by atoms with E-state index in [9.17, 15) is 13.5 Å². The first-order valence-corrected chi connectivity index (χ1v) is 5.34. The van der Waals surface area contributed by atoms with Gasteiger partial charge in [-0.05, 0) is 0 Å². The third-order valence-corrected chi connectivity index (χ3v) is 2.26. The van der Waals surface area contributed by atoms with Crippen LogP contribution < -0.4 is 0 Å². The van der Waals surface area contributed by atoms with Gasteiger partial charge in [0.15, 0.2) is 0 Å². The Morgan fingerprint density at radius 1 is 1.43 bits per heavy atom. The fourth-order valence-corrected chi connectivity index (χ4v) is 1.46. The summed E-state index contributed by atoms with van der Waals surface area (Å²) in [6.45, 7) is -0.455. The third kappa shape index (κ3) is 3.86. The molecule has 1 fully saturated rings. The molecule has 14 heavy (non-hydrogen) atoms. The Kier molecular flexibility index (Phi) is 3.81. The molecular formula is C6H12O7S. The minimum atomic E-state index is -4.51. The fraction of sp³-hybridized carbons (Fsp3) is 1.00. The monoisotopic (exact) mass is 228 g/mol. The van der Waals surface area contributed by atoms with Crippen LogP contribution >= 0.6 is 0 Å². The molecule has 0 saturated carbocycles. The van der Waals surface area contributed by atoms with Crippen LogP contribution in [0.4, 0.5) is 0 Å². The highest BCUT2D eigenvalue weighted by atomic mass is 32.3. The summed E-state index contributed by atoms with van der Waals surface area (Å²) in [6, 6.07) is 0. The lowest BCUT2D eigenvalue weighted by atomic mass is 10.0. The lowest BCUT2D eigenvalue weighted by molar-refractivity contribution is -0.133. The molecule has 1 aliphatic heterocycles. The predicted octanol–water partition coefficient (Wildman–Crippen LogP) is -1.68. The van der Waals surface area contributed by atoms with Gasteiger partial charge in [-0.15, -0.1) is 0 Å². The molecule has 0 radical (unpaired) electrons. The van der Waals surface area contributed by atoms with Gasteiger partial charge in [0.1, 0.15) is 6.10 Å². The van der Waals surface area contributed by atoms with Crippen molar-refractivity contribution in [3.05, 3.63) is 0 Å². The van der Waals surface area contributed by atoms with Gasteiger partial charge < -0.3 is 14.9 Å². The third-order valence-electron chi connectivity index (χ3n) is 1.83. The van der Waals surface area contributed by atoms with Crippen LogP contribution in [-0.2, 0) is 19.3 Å². The minimum absolute atomic E-state index is 0.0105. The molecule has 1 aliphatic rings.